The smallest absolute Gasteiger partial charge is 0.242 e. The van der Waals surface area contributed by atoms with E-state index >= 15 is 0 Å². The summed E-state index contributed by atoms with van der Waals surface area (Å²) in [6.07, 6.45) is 7.29. The van der Waals surface area contributed by atoms with E-state index in [-0.39, 0.29) is 21.5 Å². The van der Waals surface area contributed by atoms with E-state index in [0.29, 0.717) is 19.6 Å². The van der Waals surface area contributed by atoms with Crippen molar-refractivity contribution in [2.75, 3.05) is 11.9 Å². The quantitative estimate of drug-likeness (QED) is 0.548. The van der Waals surface area contributed by atoms with Gasteiger partial charge in [0.1, 0.15) is 4.90 Å². The van der Waals surface area contributed by atoms with E-state index in [2.05, 4.69) is 40.8 Å². The van der Waals surface area contributed by atoms with Crippen LogP contribution in [0.2, 0.25) is 0 Å². The zero-order chi connectivity index (χ0) is 23.7. The van der Waals surface area contributed by atoms with E-state index in [1.807, 2.05) is 12.1 Å². The van der Waals surface area contributed by atoms with Gasteiger partial charge in [-0.3, -0.25) is 0 Å². The van der Waals surface area contributed by atoms with E-state index in [4.69, 9.17) is 4.74 Å². The number of anilines is 1. The second-order valence-electron chi connectivity index (χ2n) is 9.65. The Morgan fingerprint density at radius 1 is 1.24 bits per heavy atom. The molecular weight excluding hydrogens is 463 g/mol. The fraction of sp³-hybridized carbons (Fsp3) is 0.565. The lowest BCUT2D eigenvalue weighted by Gasteiger charge is -2.30. The summed E-state index contributed by atoms with van der Waals surface area (Å²) < 4.78 is 49.3. The van der Waals surface area contributed by atoms with Gasteiger partial charge in [-0.25, -0.2) is 27.5 Å². The van der Waals surface area contributed by atoms with Gasteiger partial charge in [0.25, 0.3) is 0 Å². The third-order valence-electron chi connectivity index (χ3n) is 5.97. The molecule has 0 amide bonds. The Morgan fingerprint density at radius 3 is 2.70 bits per heavy atom. The lowest BCUT2D eigenvalue weighted by atomic mass is 9.93. The van der Waals surface area contributed by atoms with Crippen LogP contribution in [0.25, 0.3) is 0 Å². The third-order valence-corrected chi connectivity index (χ3v) is 8.46. The third kappa shape index (κ3) is 5.85. The van der Waals surface area contributed by atoms with Crippen LogP contribution in [-0.4, -0.2) is 41.4 Å². The maximum Gasteiger partial charge on any atom is 0.242 e. The van der Waals surface area contributed by atoms with Crippen molar-refractivity contribution < 1.29 is 17.5 Å². The molecule has 1 saturated heterocycles. The summed E-state index contributed by atoms with van der Waals surface area (Å²) in [5.41, 5.74) is 0.509. The summed E-state index contributed by atoms with van der Waals surface area (Å²) in [6, 6.07) is 4.52. The molecular formula is C23H31FN4O3S2. The van der Waals surface area contributed by atoms with E-state index < -0.39 is 21.4 Å². The Bertz CT molecular complexity index is 1090. The van der Waals surface area contributed by atoms with Crippen LogP contribution >= 0.6 is 11.8 Å². The van der Waals surface area contributed by atoms with Crippen LogP contribution in [0.15, 0.2) is 40.5 Å². The minimum absolute atomic E-state index is 0.00671. The predicted molar refractivity (Wildman–Crippen MR) is 127 cm³/mol. The van der Waals surface area contributed by atoms with Crippen molar-refractivity contribution in [3.8, 4) is 0 Å². The van der Waals surface area contributed by atoms with Crippen molar-refractivity contribution >= 4 is 27.6 Å². The van der Waals surface area contributed by atoms with Crippen molar-refractivity contribution in [3.63, 3.8) is 0 Å². The molecule has 3 heterocycles. The first-order valence-corrected chi connectivity index (χ1v) is 13.6. The average Bonchev–Trinajstić information content (AvgIpc) is 3.36. The van der Waals surface area contributed by atoms with Crippen molar-refractivity contribution in [2.45, 2.75) is 85.7 Å². The number of thioether (sulfide) groups is 1. The molecule has 180 valence electrons. The van der Waals surface area contributed by atoms with Gasteiger partial charge < -0.3 is 10.1 Å². The number of ether oxygens (including phenoxy) is 1. The Labute approximate surface area is 199 Å². The second-order valence-corrected chi connectivity index (χ2v) is 13.2. The Balaban J connectivity index is 1.42. The summed E-state index contributed by atoms with van der Waals surface area (Å²) >= 11 is 1.65. The number of aromatic nitrogens is 2. The van der Waals surface area contributed by atoms with E-state index in [1.165, 1.54) is 6.20 Å². The maximum absolute atomic E-state index is 14.7. The fourth-order valence-corrected chi connectivity index (χ4v) is 6.69. The maximum atomic E-state index is 14.7. The number of nitrogens with zero attached hydrogens (tertiary/aromatic N) is 2. The number of hydrogen-bond acceptors (Lipinski definition) is 7. The first-order chi connectivity index (χ1) is 15.6. The highest BCUT2D eigenvalue weighted by atomic mass is 32.2. The summed E-state index contributed by atoms with van der Waals surface area (Å²) in [7, 11) is -3.91. The van der Waals surface area contributed by atoms with Crippen molar-refractivity contribution in [1.29, 1.82) is 0 Å². The van der Waals surface area contributed by atoms with Crippen molar-refractivity contribution in [1.82, 2.24) is 14.7 Å². The molecule has 1 aliphatic carbocycles. The van der Waals surface area contributed by atoms with Crippen molar-refractivity contribution in [3.05, 3.63) is 42.0 Å². The molecule has 1 unspecified atom stereocenters. The van der Waals surface area contributed by atoms with Crippen LogP contribution in [0.5, 0.6) is 0 Å². The number of sulfonamides is 1. The van der Waals surface area contributed by atoms with Gasteiger partial charge in [0.05, 0.1) is 16.7 Å². The molecule has 1 atom stereocenters. The van der Waals surface area contributed by atoms with Gasteiger partial charge >= 0.3 is 0 Å². The summed E-state index contributed by atoms with van der Waals surface area (Å²) in [6.45, 7) is 7.22. The zero-order valence-electron chi connectivity index (χ0n) is 19.2. The molecule has 10 heteroatoms. The summed E-state index contributed by atoms with van der Waals surface area (Å²) in [5.74, 6) is -0.707. The molecule has 2 aromatic rings. The molecule has 4 rings (SSSR count). The molecule has 0 aromatic carbocycles. The molecule has 7 nitrogen and oxygen atoms in total. The molecule has 0 radical (unpaired) electrons. The predicted octanol–water partition coefficient (Wildman–Crippen LogP) is 4.50. The first kappa shape index (κ1) is 24.4. The molecule has 1 spiro atoms. The van der Waals surface area contributed by atoms with Crippen LogP contribution in [0.3, 0.4) is 0 Å². The monoisotopic (exact) mass is 494 g/mol. The Hall–Kier alpha value is -1.75. The minimum atomic E-state index is -3.91. The van der Waals surface area contributed by atoms with Gasteiger partial charge in [0, 0.05) is 30.3 Å². The molecule has 1 saturated carbocycles. The Kier molecular flexibility index (Phi) is 7.00. The topological polar surface area (TPSA) is 93.2 Å². The number of pyridine rings is 2. The van der Waals surface area contributed by atoms with Gasteiger partial charge in [0.2, 0.25) is 10.0 Å². The molecule has 1 aliphatic heterocycles. The number of hydrogen-bond donors (Lipinski definition) is 2. The summed E-state index contributed by atoms with van der Waals surface area (Å²) in [4.78, 5) is 8.23. The van der Waals surface area contributed by atoms with Gasteiger partial charge in [0.15, 0.2) is 11.6 Å². The largest absolute Gasteiger partial charge is 0.373 e. The van der Waals surface area contributed by atoms with Crippen LogP contribution in [-0.2, 0) is 21.3 Å². The highest BCUT2D eigenvalue weighted by Crippen LogP contribution is 2.41. The molecule has 33 heavy (non-hydrogen) atoms. The number of nitrogens with one attached hydrogen (secondary N) is 2. The van der Waals surface area contributed by atoms with Gasteiger partial charge in [-0.2, -0.15) is 0 Å². The van der Waals surface area contributed by atoms with Crippen LogP contribution in [0.1, 0.15) is 58.4 Å². The molecule has 2 fully saturated rings. The number of rotatable bonds is 7. The fourth-order valence-electron chi connectivity index (χ4n) is 4.44. The second kappa shape index (κ2) is 9.48. The highest BCUT2D eigenvalue weighted by molar-refractivity contribution is 8.00. The highest BCUT2D eigenvalue weighted by Gasteiger charge is 2.47. The van der Waals surface area contributed by atoms with Gasteiger partial charge in [-0.15, -0.1) is 11.8 Å². The normalized spacial score (nSPS) is 20.4. The van der Waals surface area contributed by atoms with Crippen molar-refractivity contribution in [2.24, 2.45) is 0 Å². The van der Waals surface area contributed by atoms with E-state index in [9.17, 15) is 12.8 Å². The van der Waals surface area contributed by atoms with Crippen LogP contribution < -0.4 is 10.0 Å². The lowest BCUT2D eigenvalue weighted by molar-refractivity contribution is -0.000738. The Morgan fingerprint density at radius 2 is 2.00 bits per heavy atom. The van der Waals surface area contributed by atoms with E-state index in [0.717, 1.165) is 42.3 Å². The molecule has 2 aliphatic rings. The zero-order valence-corrected chi connectivity index (χ0v) is 20.9. The average molecular weight is 495 g/mol. The molecule has 2 aromatic heterocycles. The lowest BCUT2D eigenvalue weighted by Crippen LogP contribution is -2.48. The molecule has 0 bridgehead atoms. The standard InChI is InChI=1S/C23H31FN4O3S2/c1-22(2,3)32-20-12-16(6-10-25-20)14-26-21-18(24)13-17(15-27-21)33(29,30)28-19-7-11-31-23(19)8-4-5-9-23/h6,10,12-13,15,19,28H,4-5,7-9,11,14H2,1-3H3,(H,26,27). The van der Waals surface area contributed by atoms with E-state index in [1.54, 1.807) is 18.0 Å². The minimum Gasteiger partial charge on any atom is -0.373 e. The van der Waals surface area contributed by atoms with Crippen LogP contribution in [0, 0.1) is 5.82 Å². The first-order valence-electron chi connectivity index (χ1n) is 11.3. The molecule has 2 N–H and O–H groups in total. The van der Waals surface area contributed by atoms with Gasteiger partial charge in [-0.1, -0.05) is 33.6 Å². The van der Waals surface area contributed by atoms with Crippen LogP contribution in [0.4, 0.5) is 10.2 Å². The number of halogens is 1. The summed E-state index contributed by atoms with van der Waals surface area (Å²) in [5, 5.41) is 3.84. The SMILES string of the molecule is CC(C)(C)Sc1cc(CNc2ncc(S(=O)(=O)NC3CCOC34CCCC4)cc2F)ccn1. The van der Waals surface area contributed by atoms with Gasteiger partial charge in [-0.05, 0) is 43.0 Å².